The average Bonchev–Trinajstić information content (AvgIpc) is 3.01. The summed E-state index contributed by atoms with van der Waals surface area (Å²) in [7, 11) is 0. The second kappa shape index (κ2) is 5.05. The first-order chi connectivity index (χ1) is 10.1. The molecule has 0 radical (unpaired) electrons. The van der Waals surface area contributed by atoms with E-state index in [0.29, 0.717) is 12.3 Å². The van der Waals surface area contributed by atoms with Crippen molar-refractivity contribution in [3.63, 3.8) is 0 Å². The molecule has 0 fully saturated rings. The standard InChI is InChI=1S/C15H15N3O3/c1-4-20-15(19)12-8-14-16-6-5-13(18(14)17-12)11-7-9(2)21-10(11)3/h5-8H,4H2,1-3H3. The van der Waals surface area contributed by atoms with Gasteiger partial charge in [-0.3, -0.25) is 0 Å². The minimum atomic E-state index is -0.450. The van der Waals surface area contributed by atoms with E-state index >= 15 is 0 Å². The van der Waals surface area contributed by atoms with Gasteiger partial charge in [-0.05, 0) is 32.9 Å². The van der Waals surface area contributed by atoms with Crippen molar-refractivity contribution in [1.29, 1.82) is 0 Å². The third kappa shape index (κ3) is 2.29. The molecule has 108 valence electrons. The van der Waals surface area contributed by atoms with Crippen LogP contribution in [-0.2, 0) is 4.74 Å². The van der Waals surface area contributed by atoms with Crippen molar-refractivity contribution in [2.75, 3.05) is 6.61 Å². The lowest BCUT2D eigenvalue weighted by Crippen LogP contribution is -2.05. The number of aryl methyl sites for hydroxylation is 2. The van der Waals surface area contributed by atoms with Gasteiger partial charge in [-0.25, -0.2) is 14.3 Å². The third-order valence-electron chi connectivity index (χ3n) is 3.16. The highest BCUT2D eigenvalue weighted by molar-refractivity contribution is 5.88. The summed E-state index contributed by atoms with van der Waals surface area (Å²) in [5.41, 5.74) is 2.59. The molecule has 0 saturated carbocycles. The Labute approximate surface area is 121 Å². The van der Waals surface area contributed by atoms with Gasteiger partial charge in [0.15, 0.2) is 11.3 Å². The summed E-state index contributed by atoms with van der Waals surface area (Å²) in [6.07, 6.45) is 1.68. The van der Waals surface area contributed by atoms with E-state index in [1.807, 2.05) is 26.0 Å². The summed E-state index contributed by atoms with van der Waals surface area (Å²) in [6, 6.07) is 5.39. The van der Waals surface area contributed by atoms with Crippen LogP contribution in [0.2, 0.25) is 0 Å². The molecule has 0 amide bonds. The van der Waals surface area contributed by atoms with Crippen LogP contribution in [0, 0.1) is 13.8 Å². The maximum atomic E-state index is 11.8. The number of aromatic nitrogens is 3. The van der Waals surface area contributed by atoms with Gasteiger partial charge in [0.1, 0.15) is 11.5 Å². The average molecular weight is 285 g/mol. The van der Waals surface area contributed by atoms with Gasteiger partial charge in [0.2, 0.25) is 0 Å². The molecule has 0 spiro atoms. The molecule has 0 saturated heterocycles. The van der Waals surface area contributed by atoms with Crippen molar-refractivity contribution in [1.82, 2.24) is 14.6 Å². The predicted octanol–water partition coefficient (Wildman–Crippen LogP) is 2.78. The highest BCUT2D eigenvalue weighted by Gasteiger charge is 2.16. The van der Waals surface area contributed by atoms with Gasteiger partial charge < -0.3 is 9.15 Å². The fraction of sp³-hybridized carbons (Fsp3) is 0.267. The first-order valence-electron chi connectivity index (χ1n) is 6.69. The fourth-order valence-corrected chi connectivity index (χ4v) is 2.29. The quantitative estimate of drug-likeness (QED) is 0.692. The Morgan fingerprint density at radius 3 is 2.86 bits per heavy atom. The first kappa shape index (κ1) is 13.4. The molecule has 3 aromatic rings. The predicted molar refractivity (Wildman–Crippen MR) is 76.1 cm³/mol. The SMILES string of the molecule is CCOC(=O)c1cc2nccc(-c3cc(C)oc3C)n2n1. The number of hydrogen-bond acceptors (Lipinski definition) is 5. The van der Waals surface area contributed by atoms with Gasteiger partial charge in [0.25, 0.3) is 0 Å². The molecule has 0 bridgehead atoms. The summed E-state index contributed by atoms with van der Waals surface area (Å²) >= 11 is 0. The zero-order valence-corrected chi connectivity index (χ0v) is 12.1. The molecule has 0 aromatic carbocycles. The molecule has 3 heterocycles. The van der Waals surface area contributed by atoms with Crippen LogP contribution in [0.15, 0.2) is 28.8 Å². The Balaban J connectivity index is 2.16. The van der Waals surface area contributed by atoms with Gasteiger partial charge in [-0.2, -0.15) is 5.10 Å². The van der Waals surface area contributed by atoms with Gasteiger partial charge in [0, 0.05) is 17.8 Å². The summed E-state index contributed by atoms with van der Waals surface area (Å²) in [5, 5.41) is 4.30. The molecular weight excluding hydrogens is 270 g/mol. The third-order valence-corrected chi connectivity index (χ3v) is 3.16. The molecule has 0 atom stereocenters. The molecule has 0 aliphatic heterocycles. The van der Waals surface area contributed by atoms with E-state index in [0.717, 1.165) is 22.8 Å². The highest BCUT2D eigenvalue weighted by Crippen LogP contribution is 2.26. The lowest BCUT2D eigenvalue weighted by Gasteiger charge is -2.02. The molecule has 3 rings (SSSR count). The zero-order chi connectivity index (χ0) is 15.0. The van der Waals surface area contributed by atoms with Crippen LogP contribution in [-0.4, -0.2) is 27.2 Å². The molecule has 0 aliphatic carbocycles. The smallest absolute Gasteiger partial charge is 0.358 e. The van der Waals surface area contributed by atoms with Gasteiger partial charge in [0.05, 0.1) is 12.3 Å². The number of carbonyl (C=O) groups excluding carboxylic acids is 1. The molecule has 0 N–H and O–H groups in total. The van der Waals surface area contributed by atoms with Crippen LogP contribution < -0.4 is 0 Å². The zero-order valence-electron chi connectivity index (χ0n) is 12.1. The van der Waals surface area contributed by atoms with Gasteiger partial charge in [-0.1, -0.05) is 0 Å². The molecule has 0 unspecified atom stereocenters. The van der Waals surface area contributed by atoms with E-state index in [9.17, 15) is 4.79 Å². The number of furan rings is 1. The first-order valence-corrected chi connectivity index (χ1v) is 6.69. The Bertz CT molecular complexity index is 817. The summed E-state index contributed by atoms with van der Waals surface area (Å²) in [6.45, 7) is 5.86. The maximum Gasteiger partial charge on any atom is 0.358 e. The number of rotatable bonds is 3. The normalized spacial score (nSPS) is 11.0. The van der Waals surface area contributed by atoms with Crippen molar-refractivity contribution in [3.05, 3.63) is 41.6 Å². The summed E-state index contributed by atoms with van der Waals surface area (Å²) in [5.74, 6) is 1.17. The van der Waals surface area contributed by atoms with Crippen LogP contribution in [0.4, 0.5) is 0 Å². The van der Waals surface area contributed by atoms with E-state index in [2.05, 4.69) is 10.1 Å². The number of carbonyl (C=O) groups is 1. The van der Waals surface area contributed by atoms with Crippen molar-refractivity contribution in [2.24, 2.45) is 0 Å². The second-order valence-corrected chi connectivity index (χ2v) is 4.68. The lowest BCUT2D eigenvalue weighted by molar-refractivity contribution is 0.0519. The number of ether oxygens (including phenoxy) is 1. The van der Waals surface area contributed by atoms with E-state index in [1.165, 1.54) is 0 Å². The number of esters is 1. The van der Waals surface area contributed by atoms with Crippen LogP contribution >= 0.6 is 0 Å². The van der Waals surface area contributed by atoms with E-state index < -0.39 is 5.97 Å². The maximum absolute atomic E-state index is 11.8. The van der Waals surface area contributed by atoms with Gasteiger partial charge in [-0.15, -0.1) is 0 Å². The minimum absolute atomic E-state index is 0.245. The number of nitrogens with zero attached hydrogens (tertiary/aromatic N) is 3. The second-order valence-electron chi connectivity index (χ2n) is 4.68. The molecule has 3 aromatic heterocycles. The van der Waals surface area contributed by atoms with Crippen molar-refractivity contribution in [3.8, 4) is 11.3 Å². The van der Waals surface area contributed by atoms with Crippen LogP contribution in [0.1, 0.15) is 28.9 Å². The Morgan fingerprint density at radius 2 is 2.19 bits per heavy atom. The minimum Gasteiger partial charge on any atom is -0.466 e. The largest absolute Gasteiger partial charge is 0.466 e. The van der Waals surface area contributed by atoms with Crippen molar-refractivity contribution >= 4 is 11.6 Å². The Kier molecular flexibility index (Phi) is 3.21. The van der Waals surface area contributed by atoms with Crippen LogP contribution in [0.25, 0.3) is 16.9 Å². The van der Waals surface area contributed by atoms with E-state index in [4.69, 9.17) is 9.15 Å². The Hall–Kier alpha value is -2.63. The molecule has 21 heavy (non-hydrogen) atoms. The van der Waals surface area contributed by atoms with Crippen molar-refractivity contribution < 1.29 is 13.9 Å². The summed E-state index contributed by atoms with van der Waals surface area (Å²) < 4.78 is 12.2. The number of hydrogen-bond donors (Lipinski definition) is 0. The fourth-order valence-electron chi connectivity index (χ4n) is 2.29. The van der Waals surface area contributed by atoms with E-state index in [-0.39, 0.29) is 5.69 Å². The molecule has 6 nitrogen and oxygen atoms in total. The number of fused-ring (bicyclic) bond motifs is 1. The topological polar surface area (TPSA) is 69.6 Å². The van der Waals surface area contributed by atoms with Gasteiger partial charge >= 0.3 is 5.97 Å². The van der Waals surface area contributed by atoms with Crippen LogP contribution in [0.5, 0.6) is 0 Å². The van der Waals surface area contributed by atoms with Crippen LogP contribution in [0.3, 0.4) is 0 Å². The van der Waals surface area contributed by atoms with Crippen molar-refractivity contribution in [2.45, 2.75) is 20.8 Å². The molecule has 0 aliphatic rings. The summed E-state index contributed by atoms with van der Waals surface area (Å²) in [4.78, 5) is 16.0. The molecule has 6 heteroatoms. The Morgan fingerprint density at radius 1 is 1.38 bits per heavy atom. The lowest BCUT2D eigenvalue weighted by atomic mass is 10.2. The monoisotopic (exact) mass is 285 g/mol. The van der Waals surface area contributed by atoms with E-state index in [1.54, 1.807) is 23.7 Å². The highest BCUT2D eigenvalue weighted by atomic mass is 16.5. The molecular formula is C15H15N3O3.